The van der Waals surface area contributed by atoms with Crippen molar-refractivity contribution in [3.8, 4) is 16.9 Å². The molecule has 2 heterocycles. The van der Waals surface area contributed by atoms with Gasteiger partial charge in [-0.2, -0.15) is 0 Å². The van der Waals surface area contributed by atoms with Gasteiger partial charge in [0.05, 0.1) is 11.2 Å². The summed E-state index contributed by atoms with van der Waals surface area (Å²) in [5.41, 5.74) is 11.2. The van der Waals surface area contributed by atoms with Crippen molar-refractivity contribution in [1.82, 2.24) is 4.57 Å². The first-order chi connectivity index (χ1) is 21.6. The van der Waals surface area contributed by atoms with E-state index in [0.29, 0.717) is 0 Å². The highest BCUT2D eigenvalue weighted by Gasteiger charge is 2.40. The van der Waals surface area contributed by atoms with Gasteiger partial charge in [-0.05, 0) is 77.9 Å². The van der Waals surface area contributed by atoms with E-state index in [9.17, 15) is 0 Å². The van der Waals surface area contributed by atoms with E-state index in [1.807, 2.05) is 11.3 Å². The van der Waals surface area contributed by atoms with Gasteiger partial charge in [-0.15, -0.1) is 11.3 Å². The third-order valence-corrected chi connectivity index (χ3v) is 10.5. The van der Waals surface area contributed by atoms with Crippen LogP contribution < -0.4 is 4.90 Å². The van der Waals surface area contributed by atoms with Gasteiger partial charge in [-0.3, -0.25) is 0 Å². The molecule has 0 unspecified atom stereocenters. The molecule has 2 nitrogen and oxygen atoms in total. The minimum Gasteiger partial charge on any atom is -0.310 e. The number of nitrogens with zero attached hydrogens (tertiary/aromatic N) is 2. The predicted molar refractivity (Wildman–Crippen MR) is 188 cm³/mol. The molecule has 9 rings (SSSR count). The van der Waals surface area contributed by atoms with Crippen LogP contribution in [0.5, 0.6) is 0 Å². The molecule has 0 bridgehead atoms. The van der Waals surface area contributed by atoms with Crippen LogP contribution in [0.3, 0.4) is 0 Å². The Morgan fingerprint density at radius 2 is 1.18 bits per heavy atom. The molecule has 0 spiro atoms. The SMILES string of the molecule is CC1(C)c2ccccc2-c2c1c1cc(N(c3ccccc3)c3ccc4sc5ccccc5c4c3)ccc1n2-c1ccccc1. The zero-order valence-corrected chi connectivity index (χ0v) is 25.5. The smallest absolute Gasteiger partial charge is 0.0585 e. The zero-order valence-electron chi connectivity index (χ0n) is 24.7. The molecule has 0 aliphatic heterocycles. The normalized spacial score (nSPS) is 13.4. The molecule has 0 amide bonds. The Labute approximate surface area is 261 Å². The monoisotopic (exact) mass is 582 g/mol. The summed E-state index contributed by atoms with van der Waals surface area (Å²) in [5.74, 6) is 0. The number of fused-ring (bicyclic) bond motifs is 8. The van der Waals surface area contributed by atoms with Crippen LogP contribution in [0, 0.1) is 0 Å². The highest BCUT2D eigenvalue weighted by atomic mass is 32.1. The molecule has 0 fully saturated rings. The lowest BCUT2D eigenvalue weighted by atomic mass is 9.81. The van der Waals surface area contributed by atoms with Crippen molar-refractivity contribution in [2.24, 2.45) is 0 Å². The summed E-state index contributed by atoms with van der Waals surface area (Å²) in [6, 6.07) is 53.2. The lowest BCUT2D eigenvalue weighted by Crippen LogP contribution is -2.15. The van der Waals surface area contributed by atoms with Crippen LogP contribution in [0.2, 0.25) is 0 Å². The standard InChI is InChI=1S/C41H30N2S/c1-41(2)35-19-11-9-18-32(35)40-39(41)34-26-29(21-23-36(34)43(40)28-15-7-4-8-16-28)42(27-13-5-3-6-14-27)30-22-24-38-33(25-30)31-17-10-12-20-37(31)44-38/h3-26H,1-2H3. The predicted octanol–water partition coefficient (Wildman–Crippen LogP) is 11.8. The van der Waals surface area contributed by atoms with Crippen LogP contribution in [0.25, 0.3) is 48.0 Å². The van der Waals surface area contributed by atoms with E-state index in [-0.39, 0.29) is 5.41 Å². The van der Waals surface area contributed by atoms with Gasteiger partial charge in [0.25, 0.3) is 0 Å². The Balaban J connectivity index is 1.32. The molecule has 2 aromatic heterocycles. The number of hydrogen-bond acceptors (Lipinski definition) is 2. The van der Waals surface area contributed by atoms with Gasteiger partial charge >= 0.3 is 0 Å². The minimum absolute atomic E-state index is 0.130. The van der Waals surface area contributed by atoms with Gasteiger partial charge in [0.2, 0.25) is 0 Å². The molecule has 1 aliphatic carbocycles. The van der Waals surface area contributed by atoms with Crippen molar-refractivity contribution in [2.45, 2.75) is 19.3 Å². The molecule has 210 valence electrons. The number of benzene rings is 6. The van der Waals surface area contributed by atoms with Crippen molar-refractivity contribution in [1.29, 1.82) is 0 Å². The highest BCUT2D eigenvalue weighted by molar-refractivity contribution is 7.25. The Hall–Kier alpha value is -5.12. The second-order valence-corrected chi connectivity index (χ2v) is 13.3. The fourth-order valence-corrected chi connectivity index (χ4v) is 8.48. The molecule has 0 radical (unpaired) electrons. The van der Waals surface area contributed by atoms with E-state index >= 15 is 0 Å². The van der Waals surface area contributed by atoms with E-state index in [0.717, 1.165) is 17.1 Å². The maximum atomic E-state index is 2.47. The average molecular weight is 583 g/mol. The molecule has 0 N–H and O–H groups in total. The van der Waals surface area contributed by atoms with Gasteiger partial charge in [-0.1, -0.05) is 92.7 Å². The Morgan fingerprint density at radius 3 is 2.00 bits per heavy atom. The Morgan fingerprint density at radius 1 is 0.545 bits per heavy atom. The van der Waals surface area contributed by atoms with E-state index in [4.69, 9.17) is 0 Å². The van der Waals surface area contributed by atoms with Crippen LogP contribution in [-0.4, -0.2) is 4.57 Å². The summed E-state index contributed by atoms with van der Waals surface area (Å²) in [5, 5.41) is 3.92. The van der Waals surface area contributed by atoms with Crippen LogP contribution in [0.1, 0.15) is 25.0 Å². The van der Waals surface area contributed by atoms with Gasteiger partial charge in [0, 0.05) is 59.3 Å². The van der Waals surface area contributed by atoms with Gasteiger partial charge in [0.15, 0.2) is 0 Å². The second kappa shape index (κ2) is 9.44. The molecular formula is C41H30N2S. The summed E-state index contributed by atoms with van der Waals surface area (Å²) in [6.07, 6.45) is 0. The molecule has 0 saturated carbocycles. The van der Waals surface area contributed by atoms with Crippen LogP contribution in [-0.2, 0) is 5.41 Å². The molecule has 44 heavy (non-hydrogen) atoms. The summed E-state index contributed by atoms with van der Waals surface area (Å²) in [4.78, 5) is 2.41. The Kier molecular flexibility index (Phi) is 5.45. The first-order valence-electron chi connectivity index (χ1n) is 15.2. The Bertz CT molecular complexity index is 2360. The fourth-order valence-electron chi connectivity index (χ4n) is 7.40. The summed E-state index contributed by atoms with van der Waals surface area (Å²) in [6.45, 7) is 4.76. The zero-order chi connectivity index (χ0) is 29.4. The number of anilines is 3. The molecule has 6 aromatic carbocycles. The third-order valence-electron chi connectivity index (χ3n) is 9.34. The summed E-state index contributed by atoms with van der Waals surface area (Å²) in [7, 11) is 0. The lowest BCUT2D eigenvalue weighted by molar-refractivity contribution is 0.666. The number of aromatic nitrogens is 1. The fraction of sp³-hybridized carbons (Fsp3) is 0.0732. The van der Waals surface area contributed by atoms with Crippen molar-refractivity contribution in [2.75, 3.05) is 4.90 Å². The van der Waals surface area contributed by atoms with Crippen LogP contribution in [0.15, 0.2) is 146 Å². The van der Waals surface area contributed by atoms with E-state index in [2.05, 4.69) is 169 Å². The average Bonchev–Trinajstić information content (AvgIpc) is 3.69. The first-order valence-corrected chi connectivity index (χ1v) is 16.0. The van der Waals surface area contributed by atoms with E-state index < -0.39 is 0 Å². The van der Waals surface area contributed by atoms with Crippen molar-refractivity contribution >= 4 is 59.5 Å². The van der Waals surface area contributed by atoms with E-state index in [1.54, 1.807) is 0 Å². The molecule has 1 aliphatic rings. The molecule has 0 atom stereocenters. The highest BCUT2D eigenvalue weighted by Crippen LogP contribution is 2.54. The van der Waals surface area contributed by atoms with Crippen molar-refractivity contribution in [3.05, 3.63) is 157 Å². The van der Waals surface area contributed by atoms with Gasteiger partial charge in [-0.25, -0.2) is 0 Å². The lowest BCUT2D eigenvalue weighted by Gasteiger charge is -2.26. The largest absolute Gasteiger partial charge is 0.310 e. The molecule has 0 saturated heterocycles. The van der Waals surface area contributed by atoms with E-state index in [1.165, 1.54) is 59.1 Å². The van der Waals surface area contributed by atoms with Crippen LogP contribution >= 0.6 is 11.3 Å². The number of para-hydroxylation sites is 2. The number of hydrogen-bond donors (Lipinski definition) is 0. The second-order valence-electron chi connectivity index (χ2n) is 12.2. The molecule has 8 aromatic rings. The van der Waals surface area contributed by atoms with Crippen molar-refractivity contribution in [3.63, 3.8) is 0 Å². The maximum absolute atomic E-state index is 2.47. The number of rotatable bonds is 4. The summed E-state index contributed by atoms with van der Waals surface area (Å²) < 4.78 is 5.11. The minimum atomic E-state index is -0.130. The van der Waals surface area contributed by atoms with Gasteiger partial charge < -0.3 is 9.47 Å². The maximum Gasteiger partial charge on any atom is 0.0585 e. The third kappa shape index (κ3) is 3.60. The first kappa shape index (κ1) is 25.4. The number of thiophene rings is 1. The van der Waals surface area contributed by atoms with Crippen molar-refractivity contribution < 1.29 is 0 Å². The van der Waals surface area contributed by atoms with Gasteiger partial charge in [0.1, 0.15) is 0 Å². The topological polar surface area (TPSA) is 8.17 Å². The molecular weight excluding hydrogens is 553 g/mol. The van der Waals surface area contributed by atoms with Crippen LogP contribution in [0.4, 0.5) is 17.1 Å². The summed E-state index contributed by atoms with van der Waals surface area (Å²) >= 11 is 1.86. The quantitative estimate of drug-likeness (QED) is 0.200. The molecule has 3 heteroatoms.